The van der Waals surface area contributed by atoms with Gasteiger partial charge in [0.25, 0.3) is 0 Å². The number of carbonyl (C=O) groups is 1. The van der Waals surface area contributed by atoms with Gasteiger partial charge in [-0.05, 0) is 57.8 Å². The first kappa shape index (κ1) is 51.7. The van der Waals surface area contributed by atoms with Gasteiger partial charge in [0.2, 0.25) is 5.91 Å². The number of allylic oxidation sites excluding steroid dienone is 5. The Morgan fingerprint density at radius 1 is 0.604 bits per heavy atom. The molecule has 5 N–H and O–H groups in total. The number of rotatable bonds is 41. The van der Waals surface area contributed by atoms with Crippen LogP contribution in [0.25, 0.3) is 0 Å². The summed E-state index contributed by atoms with van der Waals surface area (Å²) in [5.74, 6) is -0.206. The number of hydrogen-bond donors (Lipinski definition) is 4. The number of nitrogens with two attached hydrogens (primary N) is 1. The molecule has 1 amide bonds. The average molecular weight is 769 g/mol. The van der Waals surface area contributed by atoms with Crippen molar-refractivity contribution in [2.75, 3.05) is 19.8 Å². The van der Waals surface area contributed by atoms with Crippen molar-refractivity contribution in [1.82, 2.24) is 5.32 Å². The Kier molecular flexibility index (Phi) is 39.4. The standard InChI is InChI=1S/C44H85N2O6P/c1-3-5-7-9-11-13-15-17-19-20-21-22-24-26-28-30-32-34-36-38-44(48)46-42(41-52-53(49,50)51-40-39-45)43(47)37-35-33-31-29-27-25-23-18-16-14-12-10-8-6-4-2/h17,19,27,29,35,37,42-43,47H,3-16,18,20-26,28,30-34,36,38-41,45H2,1-2H3,(H,46,48)(H,49,50)/b19-17-,29-27+,37-35+. The Morgan fingerprint density at radius 3 is 1.45 bits per heavy atom. The topological polar surface area (TPSA) is 131 Å². The summed E-state index contributed by atoms with van der Waals surface area (Å²) in [7, 11) is -4.35. The van der Waals surface area contributed by atoms with Crippen LogP contribution < -0.4 is 11.1 Å². The van der Waals surface area contributed by atoms with Crippen molar-refractivity contribution in [3.63, 3.8) is 0 Å². The molecule has 0 aliphatic carbocycles. The van der Waals surface area contributed by atoms with E-state index in [4.69, 9.17) is 14.8 Å². The fourth-order valence-corrected chi connectivity index (χ4v) is 7.08. The zero-order valence-electron chi connectivity index (χ0n) is 34.5. The van der Waals surface area contributed by atoms with Crippen molar-refractivity contribution in [2.24, 2.45) is 5.73 Å². The van der Waals surface area contributed by atoms with E-state index in [0.29, 0.717) is 6.42 Å². The van der Waals surface area contributed by atoms with Crippen LogP contribution in [0.2, 0.25) is 0 Å². The number of amides is 1. The highest BCUT2D eigenvalue weighted by molar-refractivity contribution is 7.47. The molecule has 0 saturated carbocycles. The molecule has 0 aromatic rings. The summed E-state index contributed by atoms with van der Waals surface area (Å²) in [4.78, 5) is 22.7. The Bertz CT molecular complexity index is 928. The Balaban J connectivity index is 4.23. The van der Waals surface area contributed by atoms with Crippen LogP contribution in [-0.4, -0.2) is 47.8 Å². The molecule has 0 aliphatic rings. The molecule has 0 heterocycles. The van der Waals surface area contributed by atoms with E-state index >= 15 is 0 Å². The third kappa shape index (κ3) is 38.8. The summed E-state index contributed by atoms with van der Waals surface area (Å²) >= 11 is 0. The molecule has 0 aromatic heterocycles. The molecule has 0 saturated heterocycles. The highest BCUT2D eigenvalue weighted by Crippen LogP contribution is 2.43. The van der Waals surface area contributed by atoms with Crippen molar-refractivity contribution >= 4 is 13.7 Å². The largest absolute Gasteiger partial charge is 0.472 e. The van der Waals surface area contributed by atoms with E-state index in [-0.39, 0.29) is 25.7 Å². The van der Waals surface area contributed by atoms with Crippen LogP contribution >= 0.6 is 7.82 Å². The summed E-state index contributed by atoms with van der Waals surface area (Å²) in [6.45, 7) is 4.11. The minimum Gasteiger partial charge on any atom is -0.387 e. The van der Waals surface area contributed by atoms with E-state index in [2.05, 4.69) is 43.5 Å². The van der Waals surface area contributed by atoms with Crippen molar-refractivity contribution in [1.29, 1.82) is 0 Å². The number of phosphoric ester groups is 1. The third-order valence-electron chi connectivity index (χ3n) is 9.69. The Hall–Kier alpha value is -1.28. The molecule has 0 spiro atoms. The van der Waals surface area contributed by atoms with Gasteiger partial charge in [0, 0.05) is 13.0 Å². The predicted molar refractivity (Wildman–Crippen MR) is 226 cm³/mol. The van der Waals surface area contributed by atoms with Crippen molar-refractivity contribution in [2.45, 2.75) is 219 Å². The van der Waals surface area contributed by atoms with Gasteiger partial charge >= 0.3 is 7.82 Å². The molecule has 3 atom stereocenters. The van der Waals surface area contributed by atoms with E-state index in [1.54, 1.807) is 6.08 Å². The minimum atomic E-state index is -4.35. The first-order valence-electron chi connectivity index (χ1n) is 22.1. The first-order valence-corrected chi connectivity index (χ1v) is 23.6. The molecule has 8 nitrogen and oxygen atoms in total. The van der Waals surface area contributed by atoms with Gasteiger partial charge in [0.05, 0.1) is 25.4 Å². The van der Waals surface area contributed by atoms with E-state index in [1.807, 2.05) is 6.08 Å². The molecule has 3 unspecified atom stereocenters. The average Bonchev–Trinajstić information content (AvgIpc) is 3.14. The normalized spacial score (nSPS) is 14.4. The molecular formula is C44H85N2O6P. The Morgan fingerprint density at radius 2 is 1.00 bits per heavy atom. The van der Waals surface area contributed by atoms with Gasteiger partial charge in [-0.2, -0.15) is 0 Å². The maximum Gasteiger partial charge on any atom is 0.472 e. The maximum absolute atomic E-state index is 12.8. The van der Waals surface area contributed by atoms with Crippen molar-refractivity contribution < 1.29 is 28.4 Å². The number of aliphatic hydroxyl groups is 1. The van der Waals surface area contributed by atoms with Gasteiger partial charge in [-0.3, -0.25) is 13.8 Å². The van der Waals surface area contributed by atoms with Gasteiger partial charge in [-0.25, -0.2) is 4.57 Å². The maximum atomic E-state index is 12.8. The number of aliphatic hydroxyl groups excluding tert-OH is 1. The second-order valence-corrected chi connectivity index (χ2v) is 16.3. The van der Waals surface area contributed by atoms with Crippen LogP contribution in [0.4, 0.5) is 0 Å². The number of nitrogens with one attached hydrogen (secondary N) is 1. The number of phosphoric acid groups is 1. The van der Waals surface area contributed by atoms with Crippen LogP contribution in [0.3, 0.4) is 0 Å². The molecule has 0 radical (unpaired) electrons. The monoisotopic (exact) mass is 769 g/mol. The fourth-order valence-electron chi connectivity index (χ4n) is 6.32. The van der Waals surface area contributed by atoms with Gasteiger partial charge in [-0.1, -0.05) is 179 Å². The van der Waals surface area contributed by atoms with Crippen LogP contribution in [0.1, 0.15) is 206 Å². The smallest absolute Gasteiger partial charge is 0.387 e. The minimum absolute atomic E-state index is 0.0737. The van der Waals surface area contributed by atoms with Gasteiger partial charge in [-0.15, -0.1) is 0 Å². The zero-order chi connectivity index (χ0) is 38.9. The molecule has 53 heavy (non-hydrogen) atoms. The summed E-state index contributed by atoms with van der Waals surface area (Å²) < 4.78 is 22.1. The number of unbranched alkanes of at least 4 members (excludes halogenated alkanes) is 25. The molecule has 312 valence electrons. The second-order valence-electron chi connectivity index (χ2n) is 14.9. The molecule has 0 aromatic carbocycles. The lowest BCUT2D eigenvalue weighted by molar-refractivity contribution is -0.123. The lowest BCUT2D eigenvalue weighted by Crippen LogP contribution is -2.45. The second kappa shape index (κ2) is 40.4. The molecule has 9 heteroatoms. The quantitative estimate of drug-likeness (QED) is 0.0277. The zero-order valence-corrected chi connectivity index (χ0v) is 35.4. The molecule has 0 aliphatic heterocycles. The Labute approximate surface area is 327 Å². The van der Waals surface area contributed by atoms with Crippen molar-refractivity contribution in [3.05, 3.63) is 36.5 Å². The van der Waals surface area contributed by atoms with Gasteiger partial charge in [0.1, 0.15) is 0 Å². The molecule has 0 rings (SSSR count). The lowest BCUT2D eigenvalue weighted by Gasteiger charge is -2.23. The van der Waals surface area contributed by atoms with E-state index < -0.39 is 20.0 Å². The molecule has 0 fully saturated rings. The summed E-state index contributed by atoms with van der Waals surface area (Å²) in [5.41, 5.74) is 5.37. The SMILES string of the molecule is CCCCCCCC/C=C\CCCCCCCCCCCC(=O)NC(COP(=O)(O)OCCN)C(O)/C=C/CC/C=C/CCCCCCCCCCC. The van der Waals surface area contributed by atoms with Crippen LogP contribution in [0.15, 0.2) is 36.5 Å². The lowest BCUT2D eigenvalue weighted by atomic mass is 10.0. The summed E-state index contributed by atoms with van der Waals surface area (Å²) in [5, 5.41) is 13.6. The van der Waals surface area contributed by atoms with Gasteiger partial charge in [0.15, 0.2) is 0 Å². The number of hydrogen-bond acceptors (Lipinski definition) is 6. The summed E-state index contributed by atoms with van der Waals surface area (Å²) in [6, 6.07) is -0.876. The van der Waals surface area contributed by atoms with E-state index in [9.17, 15) is 19.4 Å². The first-order chi connectivity index (χ1) is 25.9. The van der Waals surface area contributed by atoms with Crippen LogP contribution in [0, 0.1) is 0 Å². The highest BCUT2D eigenvalue weighted by Gasteiger charge is 2.26. The molecule has 0 bridgehead atoms. The number of carbonyl (C=O) groups excluding carboxylic acids is 1. The van der Waals surface area contributed by atoms with E-state index in [1.165, 1.54) is 148 Å². The van der Waals surface area contributed by atoms with Gasteiger partial charge < -0.3 is 21.1 Å². The van der Waals surface area contributed by atoms with Crippen molar-refractivity contribution in [3.8, 4) is 0 Å². The fraction of sp³-hybridized carbons (Fsp3) is 0.841. The van der Waals surface area contributed by atoms with Crippen LogP contribution in [0.5, 0.6) is 0 Å². The van der Waals surface area contributed by atoms with Crippen LogP contribution in [-0.2, 0) is 18.4 Å². The third-order valence-corrected chi connectivity index (χ3v) is 10.7. The highest BCUT2D eigenvalue weighted by atomic mass is 31.2. The molecular weight excluding hydrogens is 683 g/mol. The summed E-state index contributed by atoms with van der Waals surface area (Å²) in [6.07, 6.45) is 47.6. The predicted octanol–water partition coefficient (Wildman–Crippen LogP) is 12.3. The van der Waals surface area contributed by atoms with E-state index in [0.717, 1.165) is 38.5 Å².